The number of rotatable bonds is 6. The standard InChI is InChI=1S/C19H26N4S.HI/c1-4-20-18(23(3)12-17-13-24-15(2)22-17)21-14-19(10-11-19)16-8-6-5-7-9-16;/h5-9,13H,4,10-12,14H2,1-3H3,(H,20,21);1H. The highest BCUT2D eigenvalue weighted by molar-refractivity contribution is 14.0. The molecule has 0 unspecified atom stereocenters. The molecule has 0 atom stereocenters. The van der Waals surface area contributed by atoms with Crippen molar-refractivity contribution in [2.75, 3.05) is 20.1 Å². The van der Waals surface area contributed by atoms with Crippen molar-refractivity contribution in [2.24, 2.45) is 4.99 Å². The molecule has 2 aromatic rings. The number of halogens is 1. The van der Waals surface area contributed by atoms with E-state index in [4.69, 9.17) is 4.99 Å². The van der Waals surface area contributed by atoms with E-state index in [0.29, 0.717) is 0 Å². The maximum Gasteiger partial charge on any atom is 0.194 e. The Morgan fingerprint density at radius 1 is 1.32 bits per heavy atom. The van der Waals surface area contributed by atoms with Gasteiger partial charge in [-0.3, -0.25) is 4.99 Å². The molecule has 25 heavy (non-hydrogen) atoms. The lowest BCUT2D eigenvalue weighted by Crippen LogP contribution is -2.39. The van der Waals surface area contributed by atoms with Crippen LogP contribution >= 0.6 is 35.3 Å². The van der Waals surface area contributed by atoms with Crippen LogP contribution in [0, 0.1) is 6.92 Å². The number of benzene rings is 1. The quantitative estimate of drug-likeness (QED) is 0.391. The van der Waals surface area contributed by atoms with Gasteiger partial charge in [-0.05, 0) is 32.3 Å². The average molecular weight is 470 g/mol. The number of nitrogens with one attached hydrogen (secondary N) is 1. The lowest BCUT2D eigenvalue weighted by Gasteiger charge is -2.22. The molecule has 0 saturated heterocycles. The van der Waals surface area contributed by atoms with Gasteiger partial charge in [0.25, 0.3) is 0 Å². The van der Waals surface area contributed by atoms with E-state index in [1.807, 2.05) is 6.92 Å². The topological polar surface area (TPSA) is 40.5 Å². The van der Waals surface area contributed by atoms with E-state index in [1.165, 1.54) is 18.4 Å². The zero-order valence-corrected chi connectivity index (χ0v) is 18.3. The molecule has 1 heterocycles. The summed E-state index contributed by atoms with van der Waals surface area (Å²) in [5, 5.41) is 6.65. The number of hydrogen-bond donors (Lipinski definition) is 1. The number of hydrogen-bond acceptors (Lipinski definition) is 3. The van der Waals surface area contributed by atoms with Crippen LogP contribution in [0.1, 0.15) is 36.0 Å². The van der Waals surface area contributed by atoms with Gasteiger partial charge in [-0.25, -0.2) is 4.98 Å². The van der Waals surface area contributed by atoms with E-state index in [1.54, 1.807) is 11.3 Å². The first kappa shape index (κ1) is 20.2. The fourth-order valence-corrected chi connectivity index (χ4v) is 3.58. The van der Waals surface area contributed by atoms with Crippen LogP contribution in [0.25, 0.3) is 0 Å². The van der Waals surface area contributed by atoms with Crippen molar-refractivity contribution in [3.05, 3.63) is 52.0 Å². The van der Waals surface area contributed by atoms with Crippen molar-refractivity contribution in [3.63, 3.8) is 0 Å². The third kappa shape index (κ3) is 5.17. The molecular formula is C19H27IN4S. The van der Waals surface area contributed by atoms with Gasteiger partial charge in [-0.15, -0.1) is 35.3 Å². The van der Waals surface area contributed by atoms with Crippen LogP contribution in [0.2, 0.25) is 0 Å². The van der Waals surface area contributed by atoms with Gasteiger partial charge in [0, 0.05) is 24.4 Å². The van der Waals surface area contributed by atoms with E-state index in [2.05, 4.69) is 64.9 Å². The fourth-order valence-electron chi connectivity index (χ4n) is 2.98. The molecule has 1 saturated carbocycles. The average Bonchev–Trinajstić information content (AvgIpc) is 3.28. The van der Waals surface area contributed by atoms with Crippen LogP contribution in [-0.2, 0) is 12.0 Å². The Hall–Kier alpha value is -1.15. The molecule has 0 aliphatic heterocycles. The van der Waals surface area contributed by atoms with Crippen molar-refractivity contribution in [2.45, 2.75) is 38.6 Å². The molecule has 1 N–H and O–H groups in total. The predicted molar refractivity (Wildman–Crippen MR) is 117 cm³/mol. The smallest absolute Gasteiger partial charge is 0.194 e. The molecule has 0 radical (unpaired) electrons. The van der Waals surface area contributed by atoms with Crippen molar-refractivity contribution in [3.8, 4) is 0 Å². The number of aryl methyl sites for hydroxylation is 1. The Morgan fingerprint density at radius 3 is 2.60 bits per heavy atom. The molecule has 136 valence electrons. The summed E-state index contributed by atoms with van der Waals surface area (Å²) in [5.41, 5.74) is 2.78. The van der Waals surface area contributed by atoms with Gasteiger partial charge in [0.15, 0.2) is 5.96 Å². The van der Waals surface area contributed by atoms with E-state index in [9.17, 15) is 0 Å². The first-order chi connectivity index (χ1) is 11.6. The largest absolute Gasteiger partial charge is 0.357 e. The zero-order valence-electron chi connectivity index (χ0n) is 15.2. The maximum atomic E-state index is 4.93. The summed E-state index contributed by atoms with van der Waals surface area (Å²) in [4.78, 5) is 11.7. The van der Waals surface area contributed by atoms with Gasteiger partial charge in [0.05, 0.1) is 23.8 Å². The normalized spacial score (nSPS) is 15.4. The van der Waals surface area contributed by atoms with Crippen LogP contribution in [0.3, 0.4) is 0 Å². The Kier molecular flexibility index (Phi) is 7.25. The van der Waals surface area contributed by atoms with Crippen LogP contribution < -0.4 is 5.32 Å². The lowest BCUT2D eigenvalue weighted by atomic mass is 9.96. The third-order valence-electron chi connectivity index (χ3n) is 4.53. The number of thiazole rings is 1. The van der Waals surface area contributed by atoms with E-state index >= 15 is 0 Å². The van der Waals surface area contributed by atoms with Gasteiger partial charge >= 0.3 is 0 Å². The summed E-state index contributed by atoms with van der Waals surface area (Å²) in [7, 11) is 2.08. The second-order valence-electron chi connectivity index (χ2n) is 6.53. The third-order valence-corrected chi connectivity index (χ3v) is 5.36. The molecular weight excluding hydrogens is 443 g/mol. The molecule has 1 aliphatic rings. The number of aliphatic imine (C=N–C) groups is 1. The molecule has 4 nitrogen and oxygen atoms in total. The monoisotopic (exact) mass is 470 g/mol. The van der Waals surface area contributed by atoms with Gasteiger partial charge in [-0.1, -0.05) is 30.3 Å². The van der Waals surface area contributed by atoms with E-state index in [0.717, 1.165) is 36.3 Å². The number of nitrogens with zero attached hydrogens (tertiary/aromatic N) is 3. The van der Waals surface area contributed by atoms with Crippen molar-refractivity contribution >= 4 is 41.3 Å². The molecule has 6 heteroatoms. The van der Waals surface area contributed by atoms with Crippen LogP contribution in [-0.4, -0.2) is 36.0 Å². The number of aromatic nitrogens is 1. The lowest BCUT2D eigenvalue weighted by molar-refractivity contribution is 0.469. The van der Waals surface area contributed by atoms with Crippen LogP contribution in [0.5, 0.6) is 0 Å². The fraction of sp³-hybridized carbons (Fsp3) is 0.474. The zero-order chi connectivity index (χ0) is 17.0. The van der Waals surface area contributed by atoms with Crippen molar-refractivity contribution in [1.82, 2.24) is 15.2 Å². The summed E-state index contributed by atoms with van der Waals surface area (Å²) >= 11 is 1.70. The Bertz CT molecular complexity index is 694. The molecule has 1 aromatic carbocycles. The minimum absolute atomic E-state index is 0. The summed E-state index contributed by atoms with van der Waals surface area (Å²) in [6.45, 7) is 6.66. The highest BCUT2D eigenvalue weighted by Gasteiger charge is 2.44. The maximum absolute atomic E-state index is 4.93. The summed E-state index contributed by atoms with van der Waals surface area (Å²) in [5.74, 6) is 0.963. The molecule has 3 rings (SSSR count). The predicted octanol–water partition coefficient (Wildman–Crippen LogP) is 4.20. The highest BCUT2D eigenvalue weighted by atomic mass is 127. The minimum atomic E-state index is 0. The van der Waals surface area contributed by atoms with Crippen molar-refractivity contribution in [1.29, 1.82) is 0 Å². The Morgan fingerprint density at radius 2 is 2.04 bits per heavy atom. The van der Waals surface area contributed by atoms with Crippen molar-refractivity contribution < 1.29 is 0 Å². The highest BCUT2D eigenvalue weighted by Crippen LogP contribution is 2.48. The van der Waals surface area contributed by atoms with Gasteiger partial charge < -0.3 is 10.2 Å². The molecule has 0 amide bonds. The Balaban J connectivity index is 0.00000225. The summed E-state index contributed by atoms with van der Waals surface area (Å²) in [6.07, 6.45) is 2.46. The van der Waals surface area contributed by atoms with Gasteiger partial charge in [0.1, 0.15) is 0 Å². The summed E-state index contributed by atoms with van der Waals surface area (Å²) < 4.78 is 0. The molecule has 0 bridgehead atoms. The minimum Gasteiger partial charge on any atom is -0.357 e. The second-order valence-corrected chi connectivity index (χ2v) is 7.59. The van der Waals surface area contributed by atoms with Gasteiger partial charge in [-0.2, -0.15) is 0 Å². The SMILES string of the molecule is CCNC(=NCC1(c2ccccc2)CC1)N(C)Cc1csc(C)n1.I. The summed E-state index contributed by atoms with van der Waals surface area (Å²) in [6, 6.07) is 10.8. The van der Waals surface area contributed by atoms with Crippen LogP contribution in [0.15, 0.2) is 40.7 Å². The van der Waals surface area contributed by atoms with E-state index in [-0.39, 0.29) is 29.4 Å². The van der Waals surface area contributed by atoms with Gasteiger partial charge in [0.2, 0.25) is 0 Å². The molecule has 1 aliphatic carbocycles. The van der Waals surface area contributed by atoms with Crippen LogP contribution in [0.4, 0.5) is 0 Å². The van der Waals surface area contributed by atoms with E-state index < -0.39 is 0 Å². The molecule has 0 spiro atoms. The first-order valence-electron chi connectivity index (χ1n) is 8.59. The second kappa shape index (κ2) is 8.98. The molecule has 1 aromatic heterocycles. The number of guanidine groups is 1. The Labute approximate surface area is 171 Å². The first-order valence-corrected chi connectivity index (χ1v) is 9.47. The molecule has 1 fully saturated rings.